The van der Waals surface area contributed by atoms with Crippen molar-refractivity contribution in [1.29, 1.82) is 0 Å². The van der Waals surface area contributed by atoms with Crippen molar-refractivity contribution in [2.45, 2.75) is 43.7 Å². The van der Waals surface area contributed by atoms with E-state index in [9.17, 15) is 22.2 Å². The van der Waals surface area contributed by atoms with Gasteiger partial charge in [-0.25, -0.2) is 21.7 Å². The molecule has 3 atom stereocenters. The summed E-state index contributed by atoms with van der Waals surface area (Å²) in [5.41, 5.74) is 5.93. The minimum Gasteiger partial charge on any atom is -0.483 e. The van der Waals surface area contributed by atoms with Crippen LogP contribution in [0, 0.1) is 17.5 Å². The Kier molecular flexibility index (Phi) is 8.97. The van der Waals surface area contributed by atoms with Crippen LogP contribution in [0.15, 0.2) is 16.7 Å². The first kappa shape index (κ1) is 26.8. The molecule has 2 aromatic rings. The van der Waals surface area contributed by atoms with E-state index in [0.717, 1.165) is 12.5 Å². The lowest BCUT2D eigenvalue weighted by molar-refractivity contribution is -0.133. The van der Waals surface area contributed by atoms with Crippen molar-refractivity contribution in [2.24, 2.45) is 5.73 Å². The molecule has 2 fully saturated rings. The zero-order valence-electron chi connectivity index (χ0n) is 18.9. The highest BCUT2D eigenvalue weighted by molar-refractivity contribution is 7.81. The summed E-state index contributed by atoms with van der Waals surface area (Å²) >= 11 is 0. The number of benzene rings is 1. The molecule has 2 saturated heterocycles. The Morgan fingerprint density at radius 3 is 2.63 bits per heavy atom. The maximum atomic E-state index is 13.9. The zero-order chi connectivity index (χ0) is 25.7. The average molecular weight is 518 g/mol. The predicted molar refractivity (Wildman–Crippen MR) is 118 cm³/mol. The molecule has 1 amide bonds. The van der Waals surface area contributed by atoms with Crippen molar-refractivity contribution in [3.63, 3.8) is 0 Å². The summed E-state index contributed by atoms with van der Waals surface area (Å²) in [4.78, 5) is 27.3. The lowest BCUT2D eigenvalue weighted by Crippen LogP contribution is -2.45. The van der Waals surface area contributed by atoms with Crippen molar-refractivity contribution < 1.29 is 36.6 Å². The fourth-order valence-corrected chi connectivity index (χ4v) is 4.88. The molecule has 2 aliphatic heterocycles. The van der Waals surface area contributed by atoms with Crippen molar-refractivity contribution >= 4 is 23.4 Å². The van der Waals surface area contributed by atoms with Crippen LogP contribution >= 0.6 is 0 Å². The number of halogens is 3. The first-order chi connectivity index (χ1) is 16.6. The molecule has 35 heavy (non-hydrogen) atoms. The topological polar surface area (TPSA) is 143 Å². The van der Waals surface area contributed by atoms with E-state index in [1.54, 1.807) is 15.5 Å². The molecule has 10 nitrogen and oxygen atoms in total. The number of carbonyl (C=O) groups excluding carboxylic acids is 1. The smallest absolute Gasteiger partial charge is 0.290 e. The number of rotatable bonds is 7. The van der Waals surface area contributed by atoms with E-state index in [0.29, 0.717) is 43.8 Å². The second-order valence-electron chi connectivity index (χ2n) is 8.34. The van der Waals surface area contributed by atoms with Gasteiger partial charge in [0, 0.05) is 44.4 Å². The third-order valence-corrected chi connectivity index (χ3v) is 6.93. The van der Waals surface area contributed by atoms with Crippen LogP contribution < -0.4 is 5.73 Å². The predicted octanol–water partition coefficient (Wildman–Crippen LogP) is 1.50. The molecular weight excluding hydrogens is 491 g/mol. The number of amides is 1. The molecule has 0 spiro atoms. The number of hydrogen-bond donors (Lipinski definition) is 2. The Hall–Kier alpha value is -2.84. The van der Waals surface area contributed by atoms with Crippen LogP contribution in [0.1, 0.15) is 48.5 Å². The first-order valence-electron chi connectivity index (χ1n) is 10.8. The molecule has 3 heterocycles. The van der Waals surface area contributed by atoms with E-state index in [4.69, 9.17) is 20.2 Å². The second-order valence-corrected chi connectivity index (χ2v) is 9.70. The summed E-state index contributed by atoms with van der Waals surface area (Å²) in [6, 6.07) is 0.107. The van der Waals surface area contributed by atoms with E-state index in [1.807, 2.05) is 0 Å². The molecule has 1 aromatic carbocycles. The Balaban J connectivity index is 0.00000108. The summed E-state index contributed by atoms with van der Waals surface area (Å²) in [6.45, 7) is 1.43. The van der Waals surface area contributed by atoms with Crippen LogP contribution in [0.3, 0.4) is 0 Å². The van der Waals surface area contributed by atoms with Gasteiger partial charge in [0.2, 0.25) is 11.8 Å². The quantitative estimate of drug-likeness (QED) is 0.416. The molecule has 0 radical (unpaired) electrons. The minimum atomic E-state index is -1.27. The third-order valence-electron chi connectivity index (χ3n) is 5.90. The standard InChI is InChI=1S/C20H24F3N5O3S.CH2O2/c1-32(30)27-9-12(10-27)19-25-20(31-26-19)17-3-2-4-28(17)18(29)7-13(24)5-11-6-15(22)16(23)8-14(11)21;2-1-3/h6,8,12-13,17H,2-5,7,9-10,24H2,1H3;1H,(H,2,3)/t13?,17-,32?;/m0./s1. The number of carbonyl (C=O) groups is 2. The third kappa shape index (κ3) is 6.44. The van der Waals surface area contributed by atoms with Gasteiger partial charge in [-0.05, 0) is 30.9 Å². The lowest BCUT2D eigenvalue weighted by Gasteiger charge is -2.34. The summed E-state index contributed by atoms with van der Waals surface area (Å²) < 4.78 is 59.1. The fraction of sp³-hybridized carbons (Fsp3) is 0.524. The van der Waals surface area contributed by atoms with Gasteiger partial charge in [0.1, 0.15) is 11.9 Å². The molecule has 2 unspecified atom stereocenters. The molecule has 192 valence electrons. The van der Waals surface area contributed by atoms with Gasteiger partial charge in [-0.1, -0.05) is 5.16 Å². The molecule has 3 N–H and O–H groups in total. The highest BCUT2D eigenvalue weighted by atomic mass is 32.2. The van der Waals surface area contributed by atoms with Gasteiger partial charge in [0.05, 0.1) is 16.9 Å². The van der Waals surface area contributed by atoms with Gasteiger partial charge >= 0.3 is 0 Å². The van der Waals surface area contributed by atoms with Crippen LogP contribution in [-0.2, 0) is 27.0 Å². The SMILES string of the molecule is CS(=O)N1CC(c2noc([C@@H]3CCCN3C(=O)CC(N)Cc3cc(F)c(F)cc3F)n2)C1.O=CO. The van der Waals surface area contributed by atoms with E-state index >= 15 is 0 Å². The largest absolute Gasteiger partial charge is 0.483 e. The molecule has 14 heteroatoms. The maximum Gasteiger partial charge on any atom is 0.290 e. The summed E-state index contributed by atoms with van der Waals surface area (Å²) in [5, 5.41) is 10.9. The van der Waals surface area contributed by atoms with E-state index in [1.165, 1.54) is 0 Å². The van der Waals surface area contributed by atoms with Crippen LogP contribution in [0.25, 0.3) is 0 Å². The van der Waals surface area contributed by atoms with Crippen molar-refractivity contribution in [1.82, 2.24) is 19.3 Å². The number of nitrogens with two attached hydrogens (primary N) is 1. The van der Waals surface area contributed by atoms with Gasteiger partial charge in [0.15, 0.2) is 17.5 Å². The number of likely N-dealkylation sites (tertiary alicyclic amines) is 1. The van der Waals surface area contributed by atoms with Gasteiger partial charge in [0.25, 0.3) is 6.47 Å². The van der Waals surface area contributed by atoms with Crippen LogP contribution in [0.2, 0.25) is 0 Å². The van der Waals surface area contributed by atoms with E-state index in [2.05, 4.69) is 10.1 Å². The molecule has 0 bridgehead atoms. The molecule has 0 saturated carbocycles. The summed E-state index contributed by atoms with van der Waals surface area (Å²) in [6.07, 6.45) is 2.85. The summed E-state index contributed by atoms with van der Waals surface area (Å²) in [5.74, 6) is -2.65. The van der Waals surface area contributed by atoms with Gasteiger partial charge in [-0.15, -0.1) is 0 Å². The van der Waals surface area contributed by atoms with Gasteiger partial charge in [-0.2, -0.15) is 4.98 Å². The first-order valence-corrected chi connectivity index (χ1v) is 12.3. The molecule has 4 rings (SSSR count). The normalized spacial score (nSPS) is 20.0. The van der Waals surface area contributed by atoms with Crippen LogP contribution in [0.4, 0.5) is 13.2 Å². The lowest BCUT2D eigenvalue weighted by atomic mass is 10.0. The van der Waals surface area contributed by atoms with Gasteiger partial charge < -0.3 is 20.3 Å². The van der Waals surface area contributed by atoms with Crippen LogP contribution in [-0.4, -0.2) is 73.0 Å². The van der Waals surface area contributed by atoms with Crippen molar-refractivity contribution in [2.75, 3.05) is 25.9 Å². The molecule has 0 aliphatic carbocycles. The number of hydrogen-bond acceptors (Lipinski definition) is 7. The van der Waals surface area contributed by atoms with E-state index < -0.39 is 34.5 Å². The number of nitrogens with zero attached hydrogens (tertiary/aromatic N) is 4. The average Bonchev–Trinajstić information content (AvgIpc) is 3.41. The van der Waals surface area contributed by atoms with Crippen molar-refractivity contribution in [3.8, 4) is 0 Å². The Morgan fingerprint density at radius 2 is 1.97 bits per heavy atom. The minimum absolute atomic E-state index is 0.0429. The Labute approximate surface area is 201 Å². The number of carboxylic acid groups (broad SMARTS) is 1. The molecule has 2 aliphatic rings. The van der Waals surface area contributed by atoms with E-state index in [-0.39, 0.29) is 42.7 Å². The highest BCUT2D eigenvalue weighted by Gasteiger charge is 2.38. The number of aromatic nitrogens is 2. The molecule has 1 aromatic heterocycles. The zero-order valence-corrected chi connectivity index (χ0v) is 19.7. The van der Waals surface area contributed by atoms with Crippen LogP contribution in [0.5, 0.6) is 0 Å². The Bertz CT molecular complexity index is 1080. The van der Waals surface area contributed by atoms with Crippen molar-refractivity contribution in [3.05, 3.63) is 46.9 Å². The maximum absolute atomic E-state index is 13.9. The highest BCUT2D eigenvalue weighted by Crippen LogP contribution is 2.33. The Morgan fingerprint density at radius 1 is 1.31 bits per heavy atom. The summed E-state index contributed by atoms with van der Waals surface area (Å²) in [7, 11) is -1.03. The monoisotopic (exact) mass is 517 g/mol. The van der Waals surface area contributed by atoms with Gasteiger partial charge in [-0.3, -0.25) is 9.59 Å². The second kappa shape index (κ2) is 11.7. The molecular formula is C21H26F3N5O5S. The fourth-order valence-electron chi connectivity index (χ4n) is 4.10.